The number of hydrogen-bond acceptors (Lipinski definition) is 3. The van der Waals surface area contributed by atoms with E-state index in [2.05, 4.69) is 13.8 Å². The van der Waals surface area contributed by atoms with Crippen LogP contribution in [0.5, 0.6) is 0 Å². The fraction of sp³-hybridized carbons (Fsp3) is 0.538. The van der Waals surface area contributed by atoms with Crippen molar-refractivity contribution in [3.63, 3.8) is 0 Å². The Bertz CT molecular complexity index is 544. The van der Waals surface area contributed by atoms with Gasteiger partial charge in [-0.05, 0) is 36.5 Å². The number of nitrogen functional groups attached to an aromatic ring is 1. The molecule has 2 rings (SSSR count). The monoisotopic (exact) mass is 268 g/mol. The molecule has 5 heteroatoms. The summed E-state index contributed by atoms with van der Waals surface area (Å²) in [6, 6.07) is 5.09. The predicted octanol–water partition coefficient (Wildman–Crippen LogP) is 1.85. The van der Waals surface area contributed by atoms with E-state index in [-0.39, 0.29) is 4.90 Å². The average Bonchev–Trinajstić information content (AvgIpc) is 2.59. The van der Waals surface area contributed by atoms with Gasteiger partial charge >= 0.3 is 0 Å². The van der Waals surface area contributed by atoms with Gasteiger partial charge in [-0.2, -0.15) is 4.31 Å². The minimum atomic E-state index is -3.44. The molecule has 1 heterocycles. The fourth-order valence-corrected chi connectivity index (χ4v) is 4.05. The minimum Gasteiger partial charge on any atom is -0.398 e. The van der Waals surface area contributed by atoms with Crippen molar-refractivity contribution in [2.75, 3.05) is 18.8 Å². The zero-order valence-electron chi connectivity index (χ0n) is 11.1. The summed E-state index contributed by atoms with van der Waals surface area (Å²) in [4.78, 5) is 0.231. The first kappa shape index (κ1) is 13.4. The molecular formula is C13H20N2O2S. The van der Waals surface area contributed by atoms with Crippen molar-refractivity contribution < 1.29 is 8.42 Å². The maximum absolute atomic E-state index is 12.5. The van der Waals surface area contributed by atoms with E-state index in [1.54, 1.807) is 22.5 Å². The van der Waals surface area contributed by atoms with Gasteiger partial charge < -0.3 is 5.73 Å². The molecule has 4 nitrogen and oxygen atoms in total. The second-order valence-corrected chi connectivity index (χ2v) is 7.22. The minimum absolute atomic E-state index is 0.231. The number of nitrogens with two attached hydrogens (primary N) is 1. The molecule has 1 aromatic rings. The Balaban J connectivity index is 2.37. The van der Waals surface area contributed by atoms with Gasteiger partial charge in [0.15, 0.2) is 0 Å². The van der Waals surface area contributed by atoms with E-state index in [1.807, 2.05) is 6.92 Å². The van der Waals surface area contributed by atoms with Crippen LogP contribution in [0.4, 0.5) is 5.69 Å². The SMILES string of the molecule is Cc1ccc(S(=O)(=O)N2CC(C)C(C)C2)c(N)c1. The van der Waals surface area contributed by atoms with Crippen molar-refractivity contribution in [3.8, 4) is 0 Å². The lowest BCUT2D eigenvalue weighted by Gasteiger charge is -2.17. The van der Waals surface area contributed by atoms with Gasteiger partial charge in [-0.15, -0.1) is 0 Å². The summed E-state index contributed by atoms with van der Waals surface area (Å²) in [6.45, 7) is 7.22. The van der Waals surface area contributed by atoms with Crippen molar-refractivity contribution in [1.29, 1.82) is 0 Å². The average molecular weight is 268 g/mol. The standard InChI is InChI=1S/C13H20N2O2S/c1-9-4-5-13(12(14)6-9)18(16,17)15-7-10(2)11(3)8-15/h4-6,10-11H,7-8,14H2,1-3H3. The van der Waals surface area contributed by atoms with E-state index in [4.69, 9.17) is 5.73 Å². The molecule has 0 saturated carbocycles. The van der Waals surface area contributed by atoms with E-state index in [0.29, 0.717) is 30.6 Å². The zero-order chi connectivity index (χ0) is 13.5. The molecular weight excluding hydrogens is 248 g/mol. The number of nitrogens with zero attached hydrogens (tertiary/aromatic N) is 1. The van der Waals surface area contributed by atoms with Crippen LogP contribution < -0.4 is 5.73 Å². The lowest BCUT2D eigenvalue weighted by Crippen LogP contribution is -2.29. The normalized spacial score (nSPS) is 25.5. The summed E-state index contributed by atoms with van der Waals surface area (Å²) in [5.74, 6) is 0.790. The second kappa shape index (κ2) is 4.55. The van der Waals surface area contributed by atoms with Crippen LogP contribution in [0.2, 0.25) is 0 Å². The van der Waals surface area contributed by atoms with E-state index in [0.717, 1.165) is 5.56 Å². The first-order chi connectivity index (χ1) is 8.32. The van der Waals surface area contributed by atoms with Crippen molar-refractivity contribution in [3.05, 3.63) is 23.8 Å². The Kier molecular flexibility index (Phi) is 3.38. The molecule has 2 unspecified atom stereocenters. The van der Waals surface area contributed by atoms with Crippen LogP contribution in [0.1, 0.15) is 19.4 Å². The van der Waals surface area contributed by atoms with Crippen molar-refractivity contribution >= 4 is 15.7 Å². The smallest absolute Gasteiger partial charge is 0.245 e. The highest BCUT2D eigenvalue weighted by Gasteiger charge is 2.35. The highest BCUT2D eigenvalue weighted by molar-refractivity contribution is 7.89. The number of anilines is 1. The molecule has 0 aliphatic carbocycles. The van der Waals surface area contributed by atoms with Crippen LogP contribution >= 0.6 is 0 Å². The highest BCUT2D eigenvalue weighted by atomic mass is 32.2. The van der Waals surface area contributed by atoms with Crippen molar-refractivity contribution in [1.82, 2.24) is 4.31 Å². The Morgan fingerprint density at radius 3 is 2.28 bits per heavy atom. The van der Waals surface area contributed by atoms with Crippen LogP contribution in [-0.2, 0) is 10.0 Å². The Labute approximate surface area is 109 Å². The molecule has 1 fully saturated rings. The largest absolute Gasteiger partial charge is 0.398 e. The van der Waals surface area contributed by atoms with Gasteiger partial charge in [-0.1, -0.05) is 19.9 Å². The molecule has 1 aliphatic heterocycles. The van der Waals surface area contributed by atoms with Crippen LogP contribution in [0.3, 0.4) is 0 Å². The molecule has 18 heavy (non-hydrogen) atoms. The Morgan fingerprint density at radius 1 is 1.22 bits per heavy atom. The molecule has 2 atom stereocenters. The summed E-state index contributed by atoms with van der Waals surface area (Å²) in [6.07, 6.45) is 0. The van der Waals surface area contributed by atoms with E-state index in [9.17, 15) is 8.42 Å². The first-order valence-corrected chi connectivity index (χ1v) is 7.62. The predicted molar refractivity (Wildman–Crippen MR) is 72.7 cm³/mol. The summed E-state index contributed by atoms with van der Waals surface area (Å²) >= 11 is 0. The van der Waals surface area contributed by atoms with Crippen molar-refractivity contribution in [2.24, 2.45) is 11.8 Å². The van der Waals surface area contributed by atoms with Gasteiger partial charge in [0.2, 0.25) is 10.0 Å². The molecule has 0 radical (unpaired) electrons. The van der Waals surface area contributed by atoms with Gasteiger partial charge in [0.1, 0.15) is 4.90 Å². The lowest BCUT2D eigenvalue weighted by atomic mass is 10.0. The van der Waals surface area contributed by atoms with E-state index in [1.165, 1.54) is 0 Å². The van der Waals surface area contributed by atoms with Gasteiger partial charge in [0.05, 0.1) is 5.69 Å². The summed E-state index contributed by atoms with van der Waals surface area (Å²) in [7, 11) is -3.44. The summed E-state index contributed by atoms with van der Waals surface area (Å²) in [5.41, 5.74) is 7.14. The quantitative estimate of drug-likeness (QED) is 0.833. The highest BCUT2D eigenvalue weighted by Crippen LogP contribution is 2.30. The molecule has 0 amide bonds. The topological polar surface area (TPSA) is 63.4 Å². The number of rotatable bonds is 2. The number of hydrogen-bond donors (Lipinski definition) is 1. The second-order valence-electron chi connectivity index (χ2n) is 5.32. The Hall–Kier alpha value is -1.07. The number of benzene rings is 1. The van der Waals surface area contributed by atoms with Crippen LogP contribution in [0, 0.1) is 18.8 Å². The number of aryl methyl sites for hydroxylation is 1. The third kappa shape index (κ3) is 2.24. The van der Waals surface area contributed by atoms with Crippen LogP contribution in [0.15, 0.2) is 23.1 Å². The third-order valence-corrected chi connectivity index (χ3v) is 5.64. The van der Waals surface area contributed by atoms with E-state index >= 15 is 0 Å². The van der Waals surface area contributed by atoms with Gasteiger partial charge in [-0.25, -0.2) is 8.42 Å². The fourth-order valence-electron chi connectivity index (χ4n) is 2.31. The maximum Gasteiger partial charge on any atom is 0.245 e. The third-order valence-electron chi connectivity index (χ3n) is 3.74. The van der Waals surface area contributed by atoms with Gasteiger partial charge in [0.25, 0.3) is 0 Å². The number of sulfonamides is 1. The van der Waals surface area contributed by atoms with Crippen molar-refractivity contribution in [2.45, 2.75) is 25.7 Å². The molecule has 0 bridgehead atoms. The molecule has 1 aliphatic rings. The van der Waals surface area contributed by atoms with Crippen LogP contribution in [-0.4, -0.2) is 25.8 Å². The molecule has 0 aromatic heterocycles. The van der Waals surface area contributed by atoms with Gasteiger partial charge in [-0.3, -0.25) is 0 Å². The summed E-state index contributed by atoms with van der Waals surface area (Å²) < 4.78 is 26.6. The molecule has 1 saturated heterocycles. The molecule has 0 spiro atoms. The molecule has 100 valence electrons. The van der Waals surface area contributed by atoms with Gasteiger partial charge in [0, 0.05) is 13.1 Å². The molecule has 1 aromatic carbocycles. The van der Waals surface area contributed by atoms with E-state index < -0.39 is 10.0 Å². The first-order valence-electron chi connectivity index (χ1n) is 6.18. The lowest BCUT2D eigenvalue weighted by molar-refractivity contribution is 0.463. The zero-order valence-corrected chi connectivity index (χ0v) is 11.9. The maximum atomic E-state index is 12.5. The Morgan fingerprint density at radius 2 is 1.78 bits per heavy atom. The molecule has 2 N–H and O–H groups in total. The summed E-state index contributed by atoms with van der Waals surface area (Å²) in [5, 5.41) is 0. The van der Waals surface area contributed by atoms with Crippen LogP contribution in [0.25, 0.3) is 0 Å².